The van der Waals surface area contributed by atoms with Gasteiger partial charge in [-0.3, -0.25) is 19.2 Å². The van der Waals surface area contributed by atoms with Crippen LogP contribution in [-0.2, 0) is 19.2 Å². The lowest BCUT2D eigenvalue weighted by atomic mass is 10.1. The van der Waals surface area contributed by atoms with E-state index in [0.29, 0.717) is 4.90 Å². The van der Waals surface area contributed by atoms with Gasteiger partial charge >= 0.3 is 5.97 Å². The SMILES string of the molecule is C[C@H](NC(=O)c1cc(Cl)c(O)c(Cl)c1)C(=O)N1CC(F)(F)C[C@H]1C(=O)N[C@H](C=O)CC(=O)O. The van der Waals surface area contributed by atoms with Crippen molar-refractivity contribution in [2.75, 3.05) is 6.54 Å². The first-order valence-corrected chi connectivity index (χ1v) is 10.2. The van der Waals surface area contributed by atoms with E-state index in [-0.39, 0.29) is 21.9 Å². The third-order valence-corrected chi connectivity index (χ3v) is 5.32. The minimum Gasteiger partial charge on any atom is -0.505 e. The zero-order chi connectivity index (χ0) is 25.1. The van der Waals surface area contributed by atoms with Crippen molar-refractivity contribution in [3.63, 3.8) is 0 Å². The van der Waals surface area contributed by atoms with Gasteiger partial charge in [0.2, 0.25) is 11.8 Å². The predicted molar refractivity (Wildman–Crippen MR) is 110 cm³/mol. The molecular weight excluding hydrogens is 491 g/mol. The number of hydrogen-bond acceptors (Lipinski definition) is 6. The number of carbonyl (C=O) groups is 5. The van der Waals surface area contributed by atoms with Crippen LogP contribution in [0.25, 0.3) is 0 Å². The third kappa shape index (κ3) is 6.51. The lowest BCUT2D eigenvalue weighted by Crippen LogP contribution is -2.54. The van der Waals surface area contributed by atoms with Gasteiger partial charge in [0, 0.05) is 12.0 Å². The van der Waals surface area contributed by atoms with Gasteiger partial charge in [0.25, 0.3) is 11.8 Å². The first-order chi connectivity index (χ1) is 15.3. The number of nitrogens with zero attached hydrogens (tertiary/aromatic N) is 1. The summed E-state index contributed by atoms with van der Waals surface area (Å²) in [5, 5.41) is 22.2. The van der Waals surface area contributed by atoms with Crippen LogP contribution in [0.1, 0.15) is 30.1 Å². The molecule has 3 amide bonds. The van der Waals surface area contributed by atoms with Crippen molar-refractivity contribution in [3.8, 4) is 5.75 Å². The fourth-order valence-electron chi connectivity index (χ4n) is 3.17. The molecule has 0 aliphatic carbocycles. The third-order valence-electron chi connectivity index (χ3n) is 4.74. The number of phenols is 1. The largest absolute Gasteiger partial charge is 0.505 e. The number of aromatic hydroxyl groups is 1. The van der Waals surface area contributed by atoms with Gasteiger partial charge in [-0.25, -0.2) is 8.78 Å². The zero-order valence-corrected chi connectivity index (χ0v) is 18.5. The first kappa shape index (κ1) is 26.3. The fraction of sp³-hybridized carbons (Fsp3) is 0.421. The van der Waals surface area contributed by atoms with Crippen molar-refractivity contribution in [1.29, 1.82) is 0 Å². The van der Waals surface area contributed by atoms with Crippen molar-refractivity contribution < 1.29 is 43.0 Å². The van der Waals surface area contributed by atoms with Crippen LogP contribution in [-0.4, -0.2) is 75.7 Å². The second kappa shape index (κ2) is 10.3. The Morgan fingerprint density at radius 1 is 1.24 bits per heavy atom. The van der Waals surface area contributed by atoms with Gasteiger partial charge in [-0.05, 0) is 19.1 Å². The Balaban J connectivity index is 2.15. The minimum atomic E-state index is -3.43. The molecular formula is C19H19Cl2F2N3O7. The van der Waals surface area contributed by atoms with Crippen LogP contribution in [0.5, 0.6) is 5.75 Å². The van der Waals surface area contributed by atoms with Crippen molar-refractivity contribution in [2.24, 2.45) is 0 Å². The van der Waals surface area contributed by atoms with E-state index < -0.39 is 72.9 Å². The molecule has 180 valence electrons. The van der Waals surface area contributed by atoms with Gasteiger partial charge < -0.3 is 30.5 Å². The molecule has 0 bridgehead atoms. The lowest BCUT2D eigenvalue weighted by Gasteiger charge is -2.27. The summed E-state index contributed by atoms with van der Waals surface area (Å²) in [6, 6.07) is -2.37. The lowest BCUT2D eigenvalue weighted by molar-refractivity contribution is -0.142. The Labute approximate surface area is 195 Å². The molecule has 14 heteroatoms. The molecule has 1 aliphatic heterocycles. The molecule has 1 fully saturated rings. The number of hydrogen-bond donors (Lipinski definition) is 4. The number of alkyl halides is 2. The van der Waals surface area contributed by atoms with E-state index >= 15 is 0 Å². The summed E-state index contributed by atoms with van der Waals surface area (Å²) in [5.41, 5.74) is -0.119. The van der Waals surface area contributed by atoms with Crippen LogP contribution in [0.15, 0.2) is 12.1 Å². The van der Waals surface area contributed by atoms with Gasteiger partial charge in [0.1, 0.15) is 18.4 Å². The summed E-state index contributed by atoms with van der Waals surface area (Å²) in [7, 11) is 0. The van der Waals surface area contributed by atoms with Crippen molar-refractivity contribution in [2.45, 2.75) is 43.8 Å². The average Bonchev–Trinajstić information content (AvgIpc) is 3.05. The number of carboxylic acids is 1. The van der Waals surface area contributed by atoms with Gasteiger partial charge in [-0.2, -0.15) is 0 Å². The van der Waals surface area contributed by atoms with E-state index in [1.807, 2.05) is 5.32 Å². The van der Waals surface area contributed by atoms with E-state index in [9.17, 15) is 37.9 Å². The number of phenolic OH excluding ortho intramolecular Hbond substituents is 1. The highest BCUT2D eigenvalue weighted by molar-refractivity contribution is 6.37. The molecule has 1 aromatic carbocycles. The van der Waals surface area contributed by atoms with Crippen LogP contribution in [0, 0.1) is 0 Å². The van der Waals surface area contributed by atoms with E-state index in [4.69, 9.17) is 28.3 Å². The molecule has 1 aliphatic rings. The smallest absolute Gasteiger partial charge is 0.305 e. The quantitative estimate of drug-likeness (QED) is 0.384. The normalized spacial score (nSPS) is 18.8. The van der Waals surface area contributed by atoms with Crippen LogP contribution in [0.4, 0.5) is 8.78 Å². The molecule has 3 atom stereocenters. The Bertz CT molecular complexity index is 969. The molecule has 0 unspecified atom stereocenters. The Hall–Kier alpha value is -2.99. The van der Waals surface area contributed by atoms with E-state index in [1.165, 1.54) is 6.92 Å². The Kier molecular flexibility index (Phi) is 8.20. The number of carboxylic acid groups (broad SMARTS) is 1. The number of carbonyl (C=O) groups excluding carboxylic acids is 4. The number of halogens is 4. The van der Waals surface area contributed by atoms with Crippen molar-refractivity contribution in [1.82, 2.24) is 15.5 Å². The van der Waals surface area contributed by atoms with E-state index in [1.54, 1.807) is 0 Å². The summed E-state index contributed by atoms with van der Waals surface area (Å²) >= 11 is 11.5. The summed E-state index contributed by atoms with van der Waals surface area (Å²) in [4.78, 5) is 59.9. The standard InChI is InChI=1S/C19H19Cl2F2N3O7/c1-8(24-16(31)9-2-11(20)15(30)12(21)3-9)18(33)26-7-19(22,23)5-13(26)17(32)25-10(6-27)4-14(28)29/h2-3,6,8,10,13,30H,4-5,7H2,1H3,(H,24,31)(H,25,32)(H,28,29)/t8-,10-,13-/m0/s1. The van der Waals surface area contributed by atoms with Gasteiger partial charge in [-0.1, -0.05) is 23.2 Å². The average molecular weight is 510 g/mol. The highest BCUT2D eigenvalue weighted by Gasteiger charge is 2.51. The Morgan fingerprint density at radius 3 is 2.33 bits per heavy atom. The number of aldehydes is 1. The summed E-state index contributed by atoms with van der Waals surface area (Å²) < 4.78 is 28.1. The molecule has 33 heavy (non-hydrogen) atoms. The van der Waals surface area contributed by atoms with Crippen LogP contribution >= 0.6 is 23.2 Å². The van der Waals surface area contributed by atoms with E-state index in [0.717, 1.165) is 12.1 Å². The van der Waals surface area contributed by atoms with Crippen LogP contribution in [0.3, 0.4) is 0 Å². The summed E-state index contributed by atoms with van der Waals surface area (Å²) in [6.07, 6.45) is -1.67. The molecule has 1 aromatic rings. The topological polar surface area (TPSA) is 153 Å². The monoisotopic (exact) mass is 509 g/mol. The highest BCUT2D eigenvalue weighted by Crippen LogP contribution is 2.34. The molecule has 0 spiro atoms. The predicted octanol–water partition coefficient (Wildman–Crippen LogP) is 1.21. The van der Waals surface area contributed by atoms with Gasteiger partial charge in [0.05, 0.1) is 29.1 Å². The molecule has 0 aromatic heterocycles. The number of rotatable bonds is 8. The molecule has 4 N–H and O–H groups in total. The van der Waals surface area contributed by atoms with Crippen molar-refractivity contribution in [3.05, 3.63) is 27.7 Å². The van der Waals surface area contributed by atoms with Crippen LogP contribution in [0.2, 0.25) is 10.0 Å². The minimum absolute atomic E-state index is 0.119. The van der Waals surface area contributed by atoms with Gasteiger partial charge in [0.15, 0.2) is 5.75 Å². The van der Waals surface area contributed by atoms with Crippen LogP contribution < -0.4 is 10.6 Å². The number of amides is 3. The molecule has 2 rings (SSSR count). The molecule has 0 saturated carbocycles. The molecule has 10 nitrogen and oxygen atoms in total. The number of nitrogens with one attached hydrogen (secondary N) is 2. The Morgan fingerprint density at radius 2 is 1.82 bits per heavy atom. The second-order valence-corrected chi connectivity index (χ2v) is 8.19. The van der Waals surface area contributed by atoms with E-state index in [2.05, 4.69) is 5.32 Å². The van der Waals surface area contributed by atoms with Crippen molar-refractivity contribution >= 4 is 53.2 Å². The number of likely N-dealkylation sites (tertiary alicyclic amines) is 1. The fourth-order valence-corrected chi connectivity index (χ4v) is 3.66. The molecule has 1 saturated heterocycles. The number of aliphatic carboxylic acids is 1. The second-order valence-electron chi connectivity index (χ2n) is 7.37. The highest BCUT2D eigenvalue weighted by atomic mass is 35.5. The summed E-state index contributed by atoms with van der Waals surface area (Å²) in [5.74, 6) is -8.28. The maximum absolute atomic E-state index is 14.0. The van der Waals surface area contributed by atoms with Gasteiger partial charge in [-0.15, -0.1) is 0 Å². The maximum atomic E-state index is 14.0. The first-order valence-electron chi connectivity index (χ1n) is 9.40. The number of benzene rings is 1. The molecule has 0 radical (unpaired) electrons. The summed E-state index contributed by atoms with van der Waals surface area (Å²) in [6.45, 7) is 0.0830. The zero-order valence-electron chi connectivity index (χ0n) is 17.0. The maximum Gasteiger partial charge on any atom is 0.305 e. The molecule has 1 heterocycles.